The summed E-state index contributed by atoms with van der Waals surface area (Å²) in [5, 5.41) is 8.11. The number of hydrogen-bond acceptors (Lipinski definition) is 6. The molecule has 0 fully saturated rings. The maximum atomic E-state index is 13.9. The topological polar surface area (TPSA) is 99.7 Å². The van der Waals surface area contributed by atoms with Gasteiger partial charge in [-0.15, -0.1) is 0 Å². The first-order valence-corrected chi connectivity index (χ1v) is 16.6. The maximum Gasteiger partial charge on any atom is 0.282 e. The van der Waals surface area contributed by atoms with Gasteiger partial charge in [0, 0.05) is 33.9 Å². The molecule has 0 aliphatic heterocycles. The standard InChI is InChI=1S/C41H41N5O4/c1-25(2)35-22-36(27(4)20-38(35)49-7)40-44-37-11-9-8-10-34(37)41(48)46(40)42-23-30-21-28(5)45(29(30)6)32-16-18-33(19-17-32)50-24-39(47)43-31-14-12-26(3)13-15-31/h8-23,25H,24H2,1-7H3,(H,43,47). The molecule has 9 heteroatoms. The van der Waals surface area contributed by atoms with Crippen LogP contribution in [0.2, 0.25) is 0 Å². The van der Waals surface area contributed by atoms with Crippen molar-refractivity contribution in [1.82, 2.24) is 14.2 Å². The van der Waals surface area contributed by atoms with E-state index >= 15 is 0 Å². The van der Waals surface area contributed by atoms with Crippen molar-refractivity contribution in [2.75, 3.05) is 19.0 Å². The van der Waals surface area contributed by atoms with Crippen molar-refractivity contribution >= 4 is 28.7 Å². The van der Waals surface area contributed by atoms with E-state index in [1.807, 2.05) is 107 Å². The number of anilines is 1. The number of aryl methyl sites for hydroxylation is 3. The summed E-state index contributed by atoms with van der Waals surface area (Å²) in [6.07, 6.45) is 1.71. The van der Waals surface area contributed by atoms with Gasteiger partial charge in [-0.05, 0) is 111 Å². The minimum Gasteiger partial charge on any atom is -0.496 e. The fraction of sp³-hybridized carbons (Fsp3) is 0.220. The number of fused-ring (bicyclic) bond motifs is 1. The molecule has 0 bridgehead atoms. The number of ether oxygens (including phenoxy) is 2. The molecule has 1 amide bonds. The minimum absolute atomic E-state index is 0.102. The molecule has 1 N–H and O–H groups in total. The first-order valence-electron chi connectivity index (χ1n) is 16.6. The summed E-state index contributed by atoms with van der Waals surface area (Å²) in [6.45, 7) is 12.1. The number of para-hydroxylation sites is 1. The predicted octanol–water partition coefficient (Wildman–Crippen LogP) is 8.12. The number of rotatable bonds is 10. The second kappa shape index (κ2) is 14.3. The Morgan fingerprint density at radius 1 is 0.940 bits per heavy atom. The van der Waals surface area contributed by atoms with Crippen LogP contribution in [0.25, 0.3) is 28.0 Å². The van der Waals surface area contributed by atoms with E-state index in [9.17, 15) is 9.59 Å². The summed E-state index contributed by atoms with van der Waals surface area (Å²) in [5.41, 5.74) is 8.70. The number of carbonyl (C=O) groups is 1. The molecule has 0 saturated heterocycles. The lowest BCUT2D eigenvalue weighted by Crippen LogP contribution is -2.21. The van der Waals surface area contributed by atoms with Gasteiger partial charge in [-0.3, -0.25) is 9.59 Å². The van der Waals surface area contributed by atoms with Crippen molar-refractivity contribution in [3.8, 4) is 28.6 Å². The van der Waals surface area contributed by atoms with Gasteiger partial charge < -0.3 is 19.4 Å². The summed E-state index contributed by atoms with van der Waals surface area (Å²) in [5.74, 6) is 1.81. The molecule has 2 aromatic heterocycles. The van der Waals surface area contributed by atoms with Crippen LogP contribution >= 0.6 is 0 Å². The van der Waals surface area contributed by atoms with Gasteiger partial charge >= 0.3 is 0 Å². The van der Waals surface area contributed by atoms with Crippen LogP contribution < -0.4 is 20.3 Å². The Hall–Kier alpha value is -5.96. The summed E-state index contributed by atoms with van der Waals surface area (Å²) in [6, 6.07) is 28.6. The molecule has 0 saturated carbocycles. The molecule has 0 aliphatic carbocycles. The lowest BCUT2D eigenvalue weighted by atomic mass is 9.96. The molecule has 6 rings (SSSR count). The van der Waals surface area contributed by atoms with E-state index in [0.717, 1.165) is 56.3 Å². The normalized spacial score (nSPS) is 11.4. The van der Waals surface area contributed by atoms with E-state index in [2.05, 4.69) is 29.8 Å². The first kappa shape index (κ1) is 33.9. The van der Waals surface area contributed by atoms with Gasteiger partial charge in [0.2, 0.25) is 0 Å². The summed E-state index contributed by atoms with van der Waals surface area (Å²) in [4.78, 5) is 31.3. The molecule has 254 valence electrons. The fourth-order valence-corrected chi connectivity index (χ4v) is 6.08. The van der Waals surface area contributed by atoms with Gasteiger partial charge in [0.1, 0.15) is 11.5 Å². The smallest absolute Gasteiger partial charge is 0.282 e. The van der Waals surface area contributed by atoms with E-state index in [1.165, 1.54) is 4.68 Å². The highest BCUT2D eigenvalue weighted by Crippen LogP contribution is 2.34. The third-order valence-electron chi connectivity index (χ3n) is 8.78. The molecule has 0 unspecified atom stereocenters. The largest absolute Gasteiger partial charge is 0.496 e. The Morgan fingerprint density at radius 3 is 2.36 bits per heavy atom. The van der Waals surface area contributed by atoms with Gasteiger partial charge in [-0.25, -0.2) is 4.98 Å². The Labute approximate surface area is 291 Å². The lowest BCUT2D eigenvalue weighted by Gasteiger charge is -2.17. The zero-order chi connectivity index (χ0) is 35.5. The molecule has 9 nitrogen and oxygen atoms in total. The fourth-order valence-electron chi connectivity index (χ4n) is 6.08. The van der Waals surface area contributed by atoms with Crippen LogP contribution in [0.4, 0.5) is 5.69 Å². The van der Waals surface area contributed by atoms with Crippen LogP contribution in [0, 0.1) is 27.7 Å². The highest BCUT2D eigenvalue weighted by molar-refractivity contribution is 5.92. The Morgan fingerprint density at radius 2 is 1.66 bits per heavy atom. The van der Waals surface area contributed by atoms with Crippen LogP contribution in [0.5, 0.6) is 11.5 Å². The number of benzene rings is 4. The molecule has 50 heavy (non-hydrogen) atoms. The average molecular weight is 668 g/mol. The van der Waals surface area contributed by atoms with Crippen LogP contribution in [0.3, 0.4) is 0 Å². The highest BCUT2D eigenvalue weighted by atomic mass is 16.5. The van der Waals surface area contributed by atoms with Crippen LogP contribution in [0.1, 0.15) is 53.4 Å². The molecule has 6 aromatic rings. The number of nitrogens with one attached hydrogen (secondary N) is 1. The third-order valence-corrected chi connectivity index (χ3v) is 8.78. The highest BCUT2D eigenvalue weighted by Gasteiger charge is 2.19. The first-order chi connectivity index (χ1) is 24.0. The average Bonchev–Trinajstić information content (AvgIpc) is 3.39. The van der Waals surface area contributed by atoms with E-state index in [1.54, 1.807) is 19.4 Å². The number of nitrogens with zero attached hydrogens (tertiary/aromatic N) is 4. The molecule has 0 atom stereocenters. The Bertz CT molecular complexity index is 2280. The van der Waals surface area contributed by atoms with E-state index in [0.29, 0.717) is 22.5 Å². The van der Waals surface area contributed by atoms with Gasteiger partial charge in [-0.1, -0.05) is 43.7 Å². The molecule has 0 aliphatic rings. The van der Waals surface area contributed by atoms with E-state index < -0.39 is 0 Å². The minimum atomic E-state index is -0.250. The van der Waals surface area contributed by atoms with Crippen LogP contribution in [-0.2, 0) is 4.79 Å². The van der Waals surface area contributed by atoms with Crippen molar-refractivity contribution in [3.05, 3.63) is 135 Å². The molecule has 0 spiro atoms. The zero-order valence-corrected chi connectivity index (χ0v) is 29.4. The molecule has 2 heterocycles. The second-order valence-electron chi connectivity index (χ2n) is 12.7. The number of hydrogen-bond donors (Lipinski definition) is 1. The number of carbonyl (C=O) groups excluding carboxylic acids is 1. The predicted molar refractivity (Wildman–Crippen MR) is 200 cm³/mol. The van der Waals surface area contributed by atoms with Crippen molar-refractivity contribution in [3.63, 3.8) is 0 Å². The Kier molecular flexibility index (Phi) is 9.67. The number of amides is 1. The summed E-state index contributed by atoms with van der Waals surface area (Å²) in [7, 11) is 1.67. The SMILES string of the molecule is COc1cc(C)c(-c2nc3ccccc3c(=O)n2N=Cc2cc(C)n(-c3ccc(OCC(=O)Nc4ccc(C)cc4)cc3)c2C)cc1C(C)C. The van der Waals surface area contributed by atoms with Crippen LogP contribution in [-0.4, -0.2) is 40.1 Å². The van der Waals surface area contributed by atoms with E-state index in [4.69, 9.17) is 19.6 Å². The molecule has 4 aromatic carbocycles. The van der Waals surface area contributed by atoms with Gasteiger partial charge in [0.15, 0.2) is 12.4 Å². The summed E-state index contributed by atoms with van der Waals surface area (Å²) < 4.78 is 14.9. The molecular formula is C41H41N5O4. The van der Waals surface area contributed by atoms with Crippen molar-refractivity contribution in [2.45, 2.75) is 47.5 Å². The molecule has 0 radical (unpaired) electrons. The van der Waals surface area contributed by atoms with Gasteiger partial charge in [0.25, 0.3) is 11.5 Å². The zero-order valence-electron chi connectivity index (χ0n) is 29.4. The van der Waals surface area contributed by atoms with Gasteiger partial charge in [0.05, 0.1) is 24.2 Å². The van der Waals surface area contributed by atoms with Crippen LogP contribution in [0.15, 0.2) is 101 Å². The van der Waals surface area contributed by atoms with Gasteiger partial charge in [-0.2, -0.15) is 9.78 Å². The Balaban J connectivity index is 1.29. The lowest BCUT2D eigenvalue weighted by molar-refractivity contribution is -0.118. The van der Waals surface area contributed by atoms with Crippen molar-refractivity contribution in [2.24, 2.45) is 5.10 Å². The van der Waals surface area contributed by atoms with Crippen molar-refractivity contribution in [1.29, 1.82) is 0 Å². The third kappa shape index (κ3) is 6.94. The maximum absolute atomic E-state index is 13.9. The van der Waals surface area contributed by atoms with Crippen molar-refractivity contribution < 1.29 is 14.3 Å². The quantitative estimate of drug-likeness (QED) is 0.149. The van der Waals surface area contributed by atoms with E-state index in [-0.39, 0.29) is 24.0 Å². The second-order valence-corrected chi connectivity index (χ2v) is 12.7. The monoisotopic (exact) mass is 667 g/mol. The number of methoxy groups -OCH3 is 1. The summed E-state index contributed by atoms with van der Waals surface area (Å²) >= 11 is 0. The molecular weight excluding hydrogens is 626 g/mol. The number of aromatic nitrogens is 3.